The highest BCUT2D eigenvalue weighted by atomic mass is 16.7. The van der Waals surface area contributed by atoms with Gasteiger partial charge in [0, 0.05) is 17.4 Å². The Labute approximate surface area is 156 Å². The maximum atomic E-state index is 6.19. The van der Waals surface area contributed by atoms with Crippen molar-refractivity contribution in [3.63, 3.8) is 0 Å². The summed E-state index contributed by atoms with van der Waals surface area (Å²) in [5, 5.41) is 0. The molecule has 0 spiro atoms. The summed E-state index contributed by atoms with van der Waals surface area (Å²) in [5.74, 6) is 1.55. The summed E-state index contributed by atoms with van der Waals surface area (Å²) >= 11 is 0. The van der Waals surface area contributed by atoms with Gasteiger partial charge in [-0.15, -0.1) is 0 Å². The van der Waals surface area contributed by atoms with E-state index in [1.54, 1.807) is 14.2 Å². The molecule has 4 nitrogen and oxygen atoms in total. The van der Waals surface area contributed by atoms with Gasteiger partial charge in [0.25, 0.3) is 0 Å². The fraction of sp³-hybridized carbons (Fsp3) is 0.429. The maximum absolute atomic E-state index is 6.19. The average Bonchev–Trinajstić information content (AvgIpc) is 2.83. The normalized spacial score (nSPS) is 18.0. The lowest BCUT2D eigenvalue weighted by atomic mass is 9.77. The van der Waals surface area contributed by atoms with Crippen LogP contribution in [0.5, 0.6) is 11.5 Å². The molecule has 0 atom stereocenters. The van der Waals surface area contributed by atoms with Crippen molar-refractivity contribution in [2.45, 2.75) is 45.3 Å². The minimum Gasteiger partial charge on any atom is -0.497 e. The van der Waals surface area contributed by atoms with Crippen molar-refractivity contribution in [2.75, 3.05) is 14.2 Å². The van der Waals surface area contributed by atoms with E-state index in [-0.39, 0.29) is 0 Å². The maximum Gasteiger partial charge on any atom is 0.498 e. The number of ether oxygens (including phenoxy) is 2. The number of hydrogen-bond donors (Lipinski definition) is 0. The van der Waals surface area contributed by atoms with Crippen LogP contribution in [0.3, 0.4) is 0 Å². The van der Waals surface area contributed by atoms with Crippen LogP contribution in [0.2, 0.25) is 0 Å². The Bertz CT molecular complexity index is 755. The highest BCUT2D eigenvalue weighted by Gasteiger charge is 2.52. The Kier molecular flexibility index (Phi) is 5.04. The van der Waals surface area contributed by atoms with E-state index in [2.05, 4.69) is 12.1 Å². The van der Waals surface area contributed by atoms with E-state index >= 15 is 0 Å². The van der Waals surface area contributed by atoms with Crippen LogP contribution in [-0.4, -0.2) is 32.5 Å². The molecule has 0 unspecified atom stereocenters. The Hall–Kier alpha value is -1.98. The van der Waals surface area contributed by atoms with Crippen LogP contribution >= 0.6 is 0 Å². The van der Waals surface area contributed by atoms with Gasteiger partial charge >= 0.3 is 7.12 Å². The second-order valence-corrected chi connectivity index (χ2v) is 7.66. The van der Waals surface area contributed by atoms with Crippen LogP contribution in [0, 0.1) is 0 Å². The molecule has 0 amide bonds. The third kappa shape index (κ3) is 3.46. The molecule has 5 heteroatoms. The van der Waals surface area contributed by atoms with Crippen molar-refractivity contribution in [1.29, 1.82) is 0 Å². The van der Waals surface area contributed by atoms with Gasteiger partial charge in [0.05, 0.1) is 25.4 Å². The lowest BCUT2D eigenvalue weighted by molar-refractivity contribution is 0.00578. The molecular weight excluding hydrogens is 327 g/mol. The van der Waals surface area contributed by atoms with Crippen LogP contribution in [0.25, 0.3) is 0 Å². The zero-order valence-corrected chi connectivity index (χ0v) is 16.5. The summed E-state index contributed by atoms with van der Waals surface area (Å²) in [6, 6.07) is 14.3. The highest BCUT2D eigenvalue weighted by Crippen LogP contribution is 2.38. The van der Waals surface area contributed by atoms with Crippen molar-refractivity contribution < 1.29 is 18.8 Å². The van der Waals surface area contributed by atoms with Gasteiger partial charge in [-0.2, -0.15) is 0 Å². The van der Waals surface area contributed by atoms with Crippen LogP contribution in [0.4, 0.5) is 0 Å². The van der Waals surface area contributed by atoms with E-state index in [0.717, 1.165) is 28.9 Å². The molecule has 0 bridgehead atoms. The van der Waals surface area contributed by atoms with Gasteiger partial charge in [0.1, 0.15) is 11.5 Å². The molecule has 0 aliphatic carbocycles. The van der Waals surface area contributed by atoms with Crippen LogP contribution < -0.4 is 14.9 Å². The van der Waals surface area contributed by atoms with Crippen molar-refractivity contribution in [1.82, 2.24) is 0 Å². The monoisotopic (exact) mass is 354 g/mol. The van der Waals surface area contributed by atoms with Crippen LogP contribution in [0.1, 0.15) is 38.8 Å². The van der Waals surface area contributed by atoms with Crippen molar-refractivity contribution in [3.8, 4) is 11.5 Å². The molecule has 1 aliphatic heterocycles. The van der Waals surface area contributed by atoms with Gasteiger partial charge in [0.2, 0.25) is 0 Å². The summed E-state index contributed by atoms with van der Waals surface area (Å²) in [6.45, 7) is 8.17. The molecular formula is C21H27BO4. The van der Waals surface area contributed by atoms with Crippen LogP contribution in [-0.2, 0) is 15.7 Å². The minimum atomic E-state index is -0.491. The Morgan fingerprint density at radius 2 is 1.42 bits per heavy atom. The summed E-state index contributed by atoms with van der Waals surface area (Å²) in [4.78, 5) is 0. The molecule has 0 radical (unpaired) electrons. The zero-order chi connectivity index (χ0) is 18.9. The predicted octanol–water partition coefficient (Wildman–Crippen LogP) is 3.59. The predicted molar refractivity (Wildman–Crippen MR) is 105 cm³/mol. The summed E-state index contributed by atoms with van der Waals surface area (Å²) in [5.41, 5.74) is 2.32. The number of rotatable bonds is 5. The topological polar surface area (TPSA) is 36.9 Å². The molecule has 2 aromatic rings. The van der Waals surface area contributed by atoms with Crippen molar-refractivity contribution in [2.24, 2.45) is 0 Å². The molecule has 1 saturated heterocycles. The average molecular weight is 354 g/mol. The smallest absolute Gasteiger partial charge is 0.497 e. The quantitative estimate of drug-likeness (QED) is 0.769. The molecule has 0 aromatic heterocycles. The molecule has 3 rings (SSSR count). The first-order valence-corrected chi connectivity index (χ1v) is 8.92. The van der Waals surface area contributed by atoms with Crippen molar-refractivity contribution in [3.05, 3.63) is 53.6 Å². The molecule has 0 saturated carbocycles. The summed E-state index contributed by atoms with van der Waals surface area (Å²) < 4.78 is 23.7. The SMILES string of the molecule is COc1cc(B2OC(C)(C)C(C)(C)O2)c(OC)cc1Cc1ccccc1. The largest absolute Gasteiger partial charge is 0.498 e. The van der Waals surface area contributed by atoms with E-state index in [1.165, 1.54) is 5.56 Å². The second-order valence-electron chi connectivity index (χ2n) is 7.66. The van der Waals surface area contributed by atoms with Gasteiger partial charge in [-0.1, -0.05) is 30.3 Å². The van der Waals surface area contributed by atoms with E-state index in [0.29, 0.717) is 0 Å². The van der Waals surface area contributed by atoms with Gasteiger partial charge in [-0.3, -0.25) is 0 Å². The van der Waals surface area contributed by atoms with Gasteiger partial charge in [-0.05, 0) is 45.4 Å². The molecule has 1 heterocycles. The third-order valence-electron chi connectivity index (χ3n) is 5.38. The number of methoxy groups -OCH3 is 2. The first-order valence-electron chi connectivity index (χ1n) is 8.92. The van der Waals surface area contributed by atoms with E-state index in [4.69, 9.17) is 18.8 Å². The fourth-order valence-corrected chi connectivity index (χ4v) is 3.09. The standard InChI is InChI=1S/C21H27BO4/c1-20(2)21(3,4)26-22(25-20)17-14-18(23-5)16(13-19(17)24-6)12-15-10-8-7-9-11-15/h7-11,13-14H,12H2,1-6H3. The molecule has 1 fully saturated rings. The molecule has 1 aliphatic rings. The van der Waals surface area contributed by atoms with Crippen molar-refractivity contribution >= 4 is 12.6 Å². The summed E-state index contributed by atoms with van der Waals surface area (Å²) in [6.07, 6.45) is 0.768. The minimum absolute atomic E-state index is 0.404. The first kappa shape index (κ1) is 18.8. The number of hydrogen-bond acceptors (Lipinski definition) is 4. The van der Waals surface area contributed by atoms with Gasteiger partial charge in [0.15, 0.2) is 0 Å². The molecule has 26 heavy (non-hydrogen) atoms. The lowest BCUT2D eigenvalue weighted by Crippen LogP contribution is -2.41. The molecule has 2 aromatic carbocycles. The molecule has 0 N–H and O–H groups in total. The summed E-state index contributed by atoms with van der Waals surface area (Å²) in [7, 11) is 2.86. The zero-order valence-electron chi connectivity index (χ0n) is 16.5. The highest BCUT2D eigenvalue weighted by molar-refractivity contribution is 6.63. The third-order valence-corrected chi connectivity index (χ3v) is 5.38. The Morgan fingerprint density at radius 1 is 0.846 bits per heavy atom. The number of benzene rings is 2. The second kappa shape index (κ2) is 6.97. The van der Waals surface area contributed by atoms with Gasteiger partial charge in [-0.25, -0.2) is 0 Å². The van der Waals surface area contributed by atoms with E-state index in [1.807, 2.05) is 58.0 Å². The van der Waals surface area contributed by atoms with Crippen LogP contribution in [0.15, 0.2) is 42.5 Å². The Balaban J connectivity index is 1.98. The molecule has 138 valence electrons. The van der Waals surface area contributed by atoms with E-state index < -0.39 is 18.3 Å². The lowest BCUT2D eigenvalue weighted by Gasteiger charge is -2.32. The Morgan fingerprint density at radius 3 is 1.96 bits per heavy atom. The first-order chi connectivity index (χ1) is 12.3. The fourth-order valence-electron chi connectivity index (χ4n) is 3.09. The van der Waals surface area contributed by atoms with Gasteiger partial charge < -0.3 is 18.8 Å². The van der Waals surface area contributed by atoms with E-state index in [9.17, 15) is 0 Å².